The number of amides is 2. The first-order valence-electron chi connectivity index (χ1n) is 11.0. The van der Waals surface area contributed by atoms with Crippen LogP contribution in [-0.2, 0) is 9.59 Å². The van der Waals surface area contributed by atoms with Gasteiger partial charge >= 0.3 is 0 Å². The third-order valence-corrected chi connectivity index (χ3v) is 6.35. The van der Waals surface area contributed by atoms with Crippen molar-refractivity contribution >= 4 is 23.1 Å². The van der Waals surface area contributed by atoms with Crippen LogP contribution in [0.4, 0.5) is 5.69 Å². The topological polar surface area (TPSA) is 43.9 Å². The van der Waals surface area contributed by atoms with E-state index in [0.717, 1.165) is 42.9 Å². The molecule has 5 heteroatoms. The summed E-state index contributed by atoms with van der Waals surface area (Å²) >= 11 is 0. The molecule has 0 radical (unpaired) electrons. The second kappa shape index (κ2) is 8.31. The molecule has 0 unspecified atom stereocenters. The molecule has 1 fully saturated rings. The number of aryl methyl sites for hydroxylation is 2. The molecule has 162 valence electrons. The number of hydrogen-bond acceptors (Lipinski definition) is 4. The average molecular weight is 418 g/mol. The number of nitrogens with zero attached hydrogens (tertiary/aromatic N) is 3. The fourth-order valence-electron chi connectivity index (χ4n) is 4.42. The fourth-order valence-corrected chi connectivity index (χ4v) is 4.42. The molecule has 2 aromatic carbocycles. The molecule has 2 heterocycles. The Balaban J connectivity index is 1.80. The Bertz CT molecular complexity index is 1040. The number of imide groups is 1. The highest BCUT2D eigenvalue weighted by atomic mass is 16.2. The van der Waals surface area contributed by atoms with E-state index in [1.807, 2.05) is 50.2 Å². The summed E-state index contributed by atoms with van der Waals surface area (Å²) in [5, 5.41) is 0. The number of piperazine rings is 1. The monoisotopic (exact) mass is 417 g/mol. The summed E-state index contributed by atoms with van der Waals surface area (Å²) in [4.78, 5) is 33.1. The lowest BCUT2D eigenvalue weighted by Crippen LogP contribution is -2.46. The highest BCUT2D eigenvalue weighted by molar-refractivity contribution is 6.45. The van der Waals surface area contributed by atoms with E-state index < -0.39 is 0 Å². The van der Waals surface area contributed by atoms with Crippen molar-refractivity contribution in [3.8, 4) is 0 Å². The van der Waals surface area contributed by atoms with E-state index in [1.54, 1.807) is 0 Å². The van der Waals surface area contributed by atoms with E-state index in [0.29, 0.717) is 22.9 Å². The molecule has 4 rings (SSSR count). The first-order valence-corrected chi connectivity index (χ1v) is 11.0. The second-order valence-electron chi connectivity index (χ2n) is 9.02. The number of benzene rings is 2. The molecule has 2 amide bonds. The normalized spacial score (nSPS) is 18.0. The summed E-state index contributed by atoms with van der Waals surface area (Å²) in [5.74, 6) is -0.0613. The Labute approximate surface area is 184 Å². The van der Waals surface area contributed by atoms with Gasteiger partial charge in [0, 0.05) is 26.2 Å². The first-order chi connectivity index (χ1) is 14.8. The van der Waals surface area contributed by atoms with Gasteiger partial charge in [0.2, 0.25) is 0 Å². The maximum Gasteiger partial charge on any atom is 0.282 e. The van der Waals surface area contributed by atoms with Gasteiger partial charge in [0.15, 0.2) is 0 Å². The van der Waals surface area contributed by atoms with Crippen LogP contribution in [0, 0.1) is 13.8 Å². The van der Waals surface area contributed by atoms with Gasteiger partial charge in [-0.15, -0.1) is 0 Å². The zero-order chi connectivity index (χ0) is 22.3. The van der Waals surface area contributed by atoms with Gasteiger partial charge in [0.25, 0.3) is 11.8 Å². The van der Waals surface area contributed by atoms with Crippen molar-refractivity contribution in [3.05, 3.63) is 70.4 Å². The third kappa shape index (κ3) is 3.90. The molecule has 1 saturated heterocycles. The summed E-state index contributed by atoms with van der Waals surface area (Å²) in [7, 11) is 2.08. The van der Waals surface area contributed by atoms with Gasteiger partial charge in [-0.1, -0.05) is 49.7 Å². The van der Waals surface area contributed by atoms with Crippen molar-refractivity contribution in [2.45, 2.75) is 33.6 Å². The lowest BCUT2D eigenvalue weighted by Gasteiger charge is -2.34. The minimum absolute atomic E-state index is 0.221. The third-order valence-electron chi connectivity index (χ3n) is 6.35. The van der Waals surface area contributed by atoms with Crippen molar-refractivity contribution in [1.29, 1.82) is 0 Å². The Morgan fingerprint density at radius 2 is 1.48 bits per heavy atom. The molecule has 2 aromatic rings. The number of rotatable bonds is 4. The van der Waals surface area contributed by atoms with Gasteiger partial charge in [-0.2, -0.15) is 0 Å². The van der Waals surface area contributed by atoms with Crippen LogP contribution in [0.5, 0.6) is 0 Å². The summed E-state index contributed by atoms with van der Waals surface area (Å²) in [6.07, 6.45) is 0. The van der Waals surface area contributed by atoms with E-state index in [2.05, 4.69) is 36.8 Å². The summed E-state index contributed by atoms with van der Waals surface area (Å²) in [5.41, 5.74) is 5.88. The molecule has 0 aromatic heterocycles. The van der Waals surface area contributed by atoms with Crippen molar-refractivity contribution in [2.24, 2.45) is 0 Å². The molecule has 0 aliphatic carbocycles. The largest absolute Gasteiger partial charge is 0.364 e. The zero-order valence-corrected chi connectivity index (χ0v) is 19.1. The smallest absolute Gasteiger partial charge is 0.282 e. The maximum absolute atomic E-state index is 13.7. The van der Waals surface area contributed by atoms with E-state index in [-0.39, 0.29) is 11.8 Å². The van der Waals surface area contributed by atoms with Gasteiger partial charge in [0.1, 0.15) is 5.70 Å². The Morgan fingerprint density at radius 1 is 0.839 bits per heavy atom. The van der Waals surface area contributed by atoms with Gasteiger partial charge < -0.3 is 9.80 Å². The van der Waals surface area contributed by atoms with Crippen LogP contribution in [0.25, 0.3) is 5.57 Å². The standard InChI is InChI=1S/C26H31N3O2/c1-17(2)20-7-9-21(10-8-20)29-25(30)23(22-11-6-18(3)16-19(22)4)24(26(29)31)28-14-12-27(5)13-15-28/h6-11,16-17H,12-15H2,1-5H3. The Kier molecular flexibility index (Phi) is 5.71. The molecule has 2 aliphatic heterocycles. The SMILES string of the molecule is Cc1ccc(C2=C(N3CCN(C)CC3)C(=O)N(c3ccc(C(C)C)cc3)C2=O)c(C)c1. The molecule has 0 spiro atoms. The molecule has 0 saturated carbocycles. The molecule has 2 aliphatic rings. The van der Waals surface area contributed by atoms with Crippen LogP contribution in [0.2, 0.25) is 0 Å². The molecule has 0 atom stereocenters. The van der Waals surface area contributed by atoms with Crippen molar-refractivity contribution in [1.82, 2.24) is 9.80 Å². The molecular formula is C26H31N3O2. The zero-order valence-electron chi connectivity index (χ0n) is 19.1. The lowest BCUT2D eigenvalue weighted by atomic mass is 9.97. The second-order valence-corrected chi connectivity index (χ2v) is 9.02. The van der Waals surface area contributed by atoms with Gasteiger partial charge in [-0.3, -0.25) is 9.59 Å². The summed E-state index contributed by atoms with van der Waals surface area (Å²) in [6, 6.07) is 13.8. The van der Waals surface area contributed by atoms with Crippen molar-refractivity contribution in [3.63, 3.8) is 0 Å². The first kappa shape index (κ1) is 21.3. The van der Waals surface area contributed by atoms with E-state index >= 15 is 0 Å². The van der Waals surface area contributed by atoms with E-state index in [9.17, 15) is 9.59 Å². The molecule has 5 nitrogen and oxygen atoms in total. The minimum Gasteiger partial charge on any atom is -0.364 e. The molecule has 0 N–H and O–H groups in total. The fraction of sp³-hybridized carbons (Fsp3) is 0.385. The summed E-state index contributed by atoms with van der Waals surface area (Å²) in [6.45, 7) is 11.5. The van der Waals surface area contributed by atoms with Gasteiger partial charge in [0.05, 0.1) is 11.3 Å². The highest BCUT2D eigenvalue weighted by Gasteiger charge is 2.43. The average Bonchev–Trinajstić information content (AvgIpc) is 2.99. The van der Waals surface area contributed by atoms with Crippen LogP contribution >= 0.6 is 0 Å². The van der Waals surface area contributed by atoms with Crippen LogP contribution in [0.15, 0.2) is 48.2 Å². The number of carbonyl (C=O) groups is 2. The maximum atomic E-state index is 13.7. The Hall–Kier alpha value is -2.92. The number of anilines is 1. The molecule has 31 heavy (non-hydrogen) atoms. The minimum atomic E-state index is -0.233. The van der Waals surface area contributed by atoms with E-state index in [1.165, 1.54) is 10.5 Å². The number of carbonyl (C=O) groups excluding carboxylic acids is 2. The lowest BCUT2D eigenvalue weighted by molar-refractivity contribution is -0.120. The van der Waals surface area contributed by atoms with Gasteiger partial charge in [-0.05, 0) is 55.6 Å². The van der Waals surface area contributed by atoms with Crippen LogP contribution in [0.3, 0.4) is 0 Å². The number of hydrogen-bond donors (Lipinski definition) is 0. The quantitative estimate of drug-likeness (QED) is 0.707. The summed E-state index contributed by atoms with van der Waals surface area (Å²) < 4.78 is 0. The number of likely N-dealkylation sites (N-methyl/N-ethyl adjacent to an activating group) is 1. The van der Waals surface area contributed by atoms with Gasteiger partial charge in [-0.25, -0.2) is 4.90 Å². The van der Waals surface area contributed by atoms with Crippen LogP contribution < -0.4 is 4.90 Å². The van der Waals surface area contributed by atoms with Crippen molar-refractivity contribution < 1.29 is 9.59 Å². The molecule has 0 bridgehead atoms. The predicted octanol–water partition coefficient (Wildman–Crippen LogP) is 3.96. The van der Waals surface area contributed by atoms with Crippen LogP contribution in [-0.4, -0.2) is 54.8 Å². The van der Waals surface area contributed by atoms with E-state index in [4.69, 9.17) is 0 Å². The molecular weight excluding hydrogens is 386 g/mol. The van der Waals surface area contributed by atoms with Crippen LogP contribution in [0.1, 0.15) is 42.0 Å². The highest BCUT2D eigenvalue weighted by Crippen LogP contribution is 2.36. The van der Waals surface area contributed by atoms with Crippen molar-refractivity contribution in [2.75, 3.05) is 38.1 Å². The Morgan fingerprint density at radius 3 is 2.06 bits per heavy atom. The predicted molar refractivity (Wildman–Crippen MR) is 125 cm³/mol.